The van der Waals surface area contributed by atoms with Crippen LogP contribution in [0.1, 0.15) is 32.0 Å². The van der Waals surface area contributed by atoms with Gasteiger partial charge in [-0.25, -0.2) is 4.98 Å². The minimum absolute atomic E-state index is 0.755. The van der Waals surface area contributed by atoms with Gasteiger partial charge < -0.3 is 10.3 Å². The molecule has 2 rings (SSSR count). The molecule has 0 aliphatic heterocycles. The highest BCUT2D eigenvalue weighted by Crippen LogP contribution is 2.34. The van der Waals surface area contributed by atoms with Crippen LogP contribution in [-0.2, 0) is 6.54 Å². The summed E-state index contributed by atoms with van der Waals surface area (Å²) in [5.41, 5.74) is 0. The molecular weight excluding hydrogens is 162 g/mol. The number of hydrogen-bond donors (Lipinski definition) is 2. The zero-order valence-electron chi connectivity index (χ0n) is 8.09. The predicted octanol–water partition coefficient (Wildman–Crippen LogP) is 1.69. The van der Waals surface area contributed by atoms with Crippen molar-refractivity contribution in [3.8, 4) is 0 Å². The summed E-state index contributed by atoms with van der Waals surface area (Å²) in [6, 6.07) is 0.755. The van der Waals surface area contributed by atoms with Gasteiger partial charge in [-0.2, -0.15) is 0 Å². The maximum Gasteiger partial charge on any atom is 0.120 e. The summed E-state index contributed by atoms with van der Waals surface area (Å²) in [4.78, 5) is 7.26. The first-order valence-electron chi connectivity index (χ1n) is 5.11. The van der Waals surface area contributed by atoms with Crippen molar-refractivity contribution in [3.63, 3.8) is 0 Å². The van der Waals surface area contributed by atoms with Gasteiger partial charge in [0.2, 0.25) is 0 Å². The molecule has 1 aromatic rings. The Labute approximate surface area is 79.0 Å². The first-order valence-corrected chi connectivity index (χ1v) is 5.11. The standard InChI is InChI=1S/C10H17N3/c1-2-3-8-6-9(8)13-7-10-11-4-5-12-10/h4-5,8-9,13H,2-3,6-7H2,1H3,(H,11,12). The van der Waals surface area contributed by atoms with Crippen molar-refractivity contribution >= 4 is 0 Å². The van der Waals surface area contributed by atoms with Crippen molar-refractivity contribution < 1.29 is 0 Å². The molecule has 1 aliphatic carbocycles. The van der Waals surface area contributed by atoms with Crippen LogP contribution in [0, 0.1) is 5.92 Å². The highest BCUT2D eigenvalue weighted by Gasteiger charge is 2.35. The quantitative estimate of drug-likeness (QED) is 0.722. The normalized spacial score (nSPS) is 26.2. The highest BCUT2D eigenvalue weighted by molar-refractivity contribution is 4.95. The molecule has 0 aromatic carbocycles. The van der Waals surface area contributed by atoms with Crippen molar-refractivity contribution in [2.24, 2.45) is 5.92 Å². The van der Waals surface area contributed by atoms with Crippen LogP contribution in [0.4, 0.5) is 0 Å². The second-order valence-electron chi connectivity index (χ2n) is 3.81. The Balaban J connectivity index is 1.65. The van der Waals surface area contributed by atoms with Crippen molar-refractivity contribution in [2.45, 2.75) is 38.8 Å². The number of aromatic nitrogens is 2. The maximum atomic E-state index is 4.17. The van der Waals surface area contributed by atoms with Crippen LogP contribution < -0.4 is 5.32 Å². The molecule has 0 spiro atoms. The van der Waals surface area contributed by atoms with Gasteiger partial charge in [0, 0.05) is 18.4 Å². The summed E-state index contributed by atoms with van der Waals surface area (Å²) in [6.45, 7) is 3.14. The molecule has 0 radical (unpaired) electrons. The second kappa shape index (κ2) is 3.92. The van der Waals surface area contributed by atoms with Crippen LogP contribution in [0.5, 0.6) is 0 Å². The van der Waals surface area contributed by atoms with Gasteiger partial charge in [0.1, 0.15) is 5.82 Å². The molecule has 2 unspecified atom stereocenters. The van der Waals surface area contributed by atoms with Crippen molar-refractivity contribution in [1.29, 1.82) is 0 Å². The molecule has 1 heterocycles. The average Bonchev–Trinajstić information content (AvgIpc) is 2.66. The van der Waals surface area contributed by atoms with Crippen LogP contribution in [0.25, 0.3) is 0 Å². The Morgan fingerprint density at radius 1 is 1.69 bits per heavy atom. The molecule has 1 aromatic heterocycles. The highest BCUT2D eigenvalue weighted by atomic mass is 15.0. The smallest absolute Gasteiger partial charge is 0.120 e. The van der Waals surface area contributed by atoms with Crippen molar-refractivity contribution in [2.75, 3.05) is 0 Å². The number of nitrogens with one attached hydrogen (secondary N) is 2. The third-order valence-electron chi connectivity index (χ3n) is 2.67. The molecule has 1 saturated carbocycles. The minimum Gasteiger partial charge on any atom is -0.348 e. The lowest BCUT2D eigenvalue weighted by atomic mass is 10.2. The van der Waals surface area contributed by atoms with Gasteiger partial charge in [-0.05, 0) is 18.8 Å². The van der Waals surface area contributed by atoms with Crippen LogP contribution >= 0.6 is 0 Å². The Morgan fingerprint density at radius 3 is 3.31 bits per heavy atom. The summed E-state index contributed by atoms with van der Waals surface area (Å²) in [6.07, 6.45) is 7.70. The van der Waals surface area contributed by atoms with E-state index >= 15 is 0 Å². The first kappa shape index (κ1) is 8.75. The van der Waals surface area contributed by atoms with E-state index in [1.165, 1.54) is 19.3 Å². The Hall–Kier alpha value is -0.830. The largest absolute Gasteiger partial charge is 0.348 e. The topological polar surface area (TPSA) is 40.7 Å². The van der Waals surface area contributed by atoms with E-state index in [2.05, 4.69) is 22.2 Å². The van der Waals surface area contributed by atoms with Crippen LogP contribution in [0.15, 0.2) is 12.4 Å². The van der Waals surface area contributed by atoms with Gasteiger partial charge in [0.15, 0.2) is 0 Å². The maximum absolute atomic E-state index is 4.17. The van der Waals surface area contributed by atoms with Crippen molar-refractivity contribution in [3.05, 3.63) is 18.2 Å². The summed E-state index contributed by atoms with van der Waals surface area (Å²) in [5, 5.41) is 3.50. The molecular formula is C10H17N3. The molecule has 2 atom stereocenters. The van der Waals surface area contributed by atoms with E-state index in [9.17, 15) is 0 Å². The van der Waals surface area contributed by atoms with Gasteiger partial charge in [0.25, 0.3) is 0 Å². The van der Waals surface area contributed by atoms with Crippen LogP contribution in [-0.4, -0.2) is 16.0 Å². The lowest BCUT2D eigenvalue weighted by Crippen LogP contribution is -2.18. The number of imidazole rings is 1. The fourth-order valence-electron chi connectivity index (χ4n) is 1.81. The molecule has 2 N–H and O–H groups in total. The minimum atomic E-state index is 0.755. The summed E-state index contributed by atoms with van der Waals surface area (Å²) >= 11 is 0. The van der Waals surface area contributed by atoms with E-state index < -0.39 is 0 Å². The fourth-order valence-corrected chi connectivity index (χ4v) is 1.81. The molecule has 1 fully saturated rings. The molecule has 1 aliphatic rings. The number of rotatable bonds is 5. The molecule has 72 valence electrons. The molecule has 0 amide bonds. The van der Waals surface area contributed by atoms with E-state index in [1.54, 1.807) is 6.20 Å². The Bertz CT molecular complexity index is 243. The van der Waals surface area contributed by atoms with Crippen LogP contribution in [0.3, 0.4) is 0 Å². The Kier molecular flexibility index (Phi) is 2.64. The molecule has 0 saturated heterocycles. The van der Waals surface area contributed by atoms with E-state index in [4.69, 9.17) is 0 Å². The van der Waals surface area contributed by atoms with E-state index in [-0.39, 0.29) is 0 Å². The van der Waals surface area contributed by atoms with E-state index in [1.807, 2.05) is 6.20 Å². The SMILES string of the molecule is CCCC1CC1NCc1ncc[nH]1. The predicted molar refractivity (Wildman–Crippen MR) is 52.2 cm³/mol. The average molecular weight is 179 g/mol. The lowest BCUT2D eigenvalue weighted by Gasteiger charge is -2.00. The summed E-state index contributed by atoms with van der Waals surface area (Å²) in [7, 11) is 0. The number of aromatic amines is 1. The molecule has 0 bridgehead atoms. The van der Waals surface area contributed by atoms with E-state index in [0.717, 1.165) is 24.3 Å². The third-order valence-corrected chi connectivity index (χ3v) is 2.67. The number of nitrogens with zero attached hydrogens (tertiary/aromatic N) is 1. The molecule has 3 nitrogen and oxygen atoms in total. The third kappa shape index (κ3) is 2.31. The Morgan fingerprint density at radius 2 is 2.62 bits per heavy atom. The lowest BCUT2D eigenvalue weighted by molar-refractivity contribution is 0.589. The van der Waals surface area contributed by atoms with Gasteiger partial charge >= 0.3 is 0 Å². The fraction of sp³-hybridized carbons (Fsp3) is 0.700. The monoisotopic (exact) mass is 179 g/mol. The second-order valence-corrected chi connectivity index (χ2v) is 3.81. The number of H-pyrrole nitrogens is 1. The van der Waals surface area contributed by atoms with Gasteiger partial charge in [-0.1, -0.05) is 13.3 Å². The van der Waals surface area contributed by atoms with Crippen LogP contribution in [0.2, 0.25) is 0 Å². The number of hydrogen-bond acceptors (Lipinski definition) is 2. The summed E-state index contributed by atoms with van der Waals surface area (Å²) < 4.78 is 0. The summed E-state index contributed by atoms with van der Waals surface area (Å²) in [5.74, 6) is 1.97. The van der Waals surface area contributed by atoms with Gasteiger partial charge in [0.05, 0.1) is 6.54 Å². The van der Waals surface area contributed by atoms with E-state index in [0.29, 0.717) is 0 Å². The molecule has 3 heteroatoms. The first-order chi connectivity index (χ1) is 6.40. The zero-order chi connectivity index (χ0) is 9.10. The van der Waals surface area contributed by atoms with Gasteiger partial charge in [-0.15, -0.1) is 0 Å². The van der Waals surface area contributed by atoms with Crippen molar-refractivity contribution in [1.82, 2.24) is 15.3 Å². The molecule has 13 heavy (non-hydrogen) atoms. The van der Waals surface area contributed by atoms with Gasteiger partial charge in [-0.3, -0.25) is 0 Å². The zero-order valence-corrected chi connectivity index (χ0v) is 8.09.